The molecule has 0 bridgehead atoms. The first-order valence-corrected chi connectivity index (χ1v) is 11.9. The van der Waals surface area contributed by atoms with Crippen LogP contribution in [0.25, 0.3) is 33.2 Å². The number of benzene rings is 2. The van der Waals surface area contributed by atoms with Crippen LogP contribution in [-0.4, -0.2) is 15.0 Å². The third kappa shape index (κ3) is 3.43. The molecule has 3 heterocycles. The maximum absolute atomic E-state index is 17.4. The molecule has 0 spiro atoms. The number of aromatic nitrogens is 3. The zero-order valence-corrected chi connectivity index (χ0v) is 19.6. The molecule has 6 nitrogen and oxygen atoms in total. The Bertz CT molecular complexity index is 1600. The van der Waals surface area contributed by atoms with E-state index >= 15 is 4.39 Å². The molecule has 3 aromatic heterocycles. The number of pyridine rings is 3. The Morgan fingerprint density at radius 2 is 1.64 bits per heavy atom. The van der Waals surface area contributed by atoms with Gasteiger partial charge in [-0.25, -0.2) is 19.3 Å². The average molecular weight is 477 g/mol. The minimum atomic E-state index is -1.73. The van der Waals surface area contributed by atoms with Crippen LogP contribution in [0.15, 0.2) is 79.1 Å². The molecule has 1 unspecified atom stereocenters. The van der Waals surface area contributed by atoms with Gasteiger partial charge in [-0.3, -0.25) is 0 Å². The summed E-state index contributed by atoms with van der Waals surface area (Å²) in [6.45, 7) is 0. The predicted molar refractivity (Wildman–Crippen MR) is 143 cm³/mol. The highest BCUT2D eigenvalue weighted by Gasteiger charge is 2.43. The SMILES string of the molecule is Nc1ccc(-c2c(-c3ccc4c(N)nccc4c3)nc(N)c3c2C(F)(c2ccccc2)CCC3)cn1. The monoisotopic (exact) mass is 476 g/mol. The normalized spacial score (nSPS) is 17.1. The lowest BCUT2D eigenvalue weighted by Gasteiger charge is -2.36. The highest BCUT2D eigenvalue weighted by molar-refractivity contribution is 5.96. The van der Waals surface area contributed by atoms with E-state index in [2.05, 4.69) is 9.97 Å². The summed E-state index contributed by atoms with van der Waals surface area (Å²) < 4.78 is 17.4. The van der Waals surface area contributed by atoms with Crippen molar-refractivity contribution >= 4 is 28.2 Å². The lowest BCUT2D eigenvalue weighted by molar-refractivity contribution is 0.190. The number of nitrogen functional groups attached to an aromatic ring is 3. The highest BCUT2D eigenvalue weighted by Crippen LogP contribution is 2.51. The molecule has 178 valence electrons. The van der Waals surface area contributed by atoms with Crippen LogP contribution in [0, 0.1) is 0 Å². The van der Waals surface area contributed by atoms with E-state index in [1.807, 2.05) is 60.7 Å². The molecule has 0 amide bonds. The van der Waals surface area contributed by atoms with Crippen molar-refractivity contribution in [3.8, 4) is 22.4 Å². The van der Waals surface area contributed by atoms with E-state index in [1.165, 1.54) is 0 Å². The van der Waals surface area contributed by atoms with Crippen LogP contribution >= 0.6 is 0 Å². The van der Waals surface area contributed by atoms with E-state index < -0.39 is 5.67 Å². The Labute approximate surface area is 208 Å². The second-order valence-corrected chi connectivity index (χ2v) is 9.20. The molecule has 1 atom stereocenters. The number of rotatable bonds is 3. The molecule has 6 rings (SSSR count). The Hall–Kier alpha value is -4.52. The van der Waals surface area contributed by atoms with E-state index in [9.17, 15) is 0 Å². The van der Waals surface area contributed by atoms with Gasteiger partial charge in [0.25, 0.3) is 0 Å². The van der Waals surface area contributed by atoms with Crippen LogP contribution in [0.1, 0.15) is 29.5 Å². The molecule has 2 aromatic carbocycles. The number of alkyl halides is 1. The first-order valence-electron chi connectivity index (χ1n) is 11.9. The van der Waals surface area contributed by atoms with E-state index in [0.29, 0.717) is 59.1 Å². The molecule has 6 N–H and O–H groups in total. The molecule has 5 aromatic rings. The summed E-state index contributed by atoms with van der Waals surface area (Å²) in [7, 11) is 0. The van der Waals surface area contributed by atoms with Gasteiger partial charge in [0.2, 0.25) is 0 Å². The first kappa shape index (κ1) is 22.0. The van der Waals surface area contributed by atoms with E-state index in [-0.39, 0.29) is 0 Å². The Morgan fingerprint density at radius 1 is 0.833 bits per heavy atom. The number of fused-ring (bicyclic) bond motifs is 2. The van der Waals surface area contributed by atoms with Gasteiger partial charge in [0.05, 0.1) is 5.69 Å². The number of halogens is 1. The lowest BCUT2D eigenvalue weighted by atomic mass is 9.72. The molecule has 1 aliphatic carbocycles. The zero-order valence-electron chi connectivity index (χ0n) is 19.6. The van der Waals surface area contributed by atoms with Crippen molar-refractivity contribution in [3.05, 3.63) is 95.8 Å². The quantitative estimate of drug-likeness (QED) is 0.310. The van der Waals surface area contributed by atoms with Crippen molar-refractivity contribution in [2.24, 2.45) is 0 Å². The standard InChI is InChI=1S/C29H25FN6/c30-29(20-5-2-1-3-6-20)13-4-7-22-25(29)24(19-9-11-23(31)35-16-19)26(36-28(22)33)18-8-10-21-17(15-18)12-14-34-27(21)32/h1-3,5-6,8-12,14-16H,4,7,13H2,(H2,31,35)(H2,32,34)(H2,33,36). The largest absolute Gasteiger partial charge is 0.384 e. The van der Waals surface area contributed by atoms with Gasteiger partial charge in [0.15, 0.2) is 5.67 Å². The van der Waals surface area contributed by atoms with Crippen LogP contribution in [0.2, 0.25) is 0 Å². The van der Waals surface area contributed by atoms with Crippen LogP contribution in [0.5, 0.6) is 0 Å². The van der Waals surface area contributed by atoms with Gasteiger partial charge in [-0.15, -0.1) is 0 Å². The minimum absolute atomic E-state index is 0.346. The maximum Gasteiger partial charge on any atom is 0.162 e. The molecule has 1 aliphatic rings. The van der Waals surface area contributed by atoms with Gasteiger partial charge >= 0.3 is 0 Å². The molecule has 7 heteroatoms. The summed E-state index contributed by atoms with van der Waals surface area (Å²) >= 11 is 0. The van der Waals surface area contributed by atoms with Crippen LogP contribution < -0.4 is 17.2 Å². The molecule has 0 saturated heterocycles. The van der Waals surface area contributed by atoms with Crippen molar-refractivity contribution < 1.29 is 4.39 Å². The van der Waals surface area contributed by atoms with Crippen LogP contribution in [-0.2, 0) is 12.1 Å². The van der Waals surface area contributed by atoms with Gasteiger partial charge in [0.1, 0.15) is 17.5 Å². The van der Waals surface area contributed by atoms with E-state index in [1.54, 1.807) is 18.5 Å². The number of hydrogen-bond acceptors (Lipinski definition) is 6. The summed E-state index contributed by atoms with van der Waals surface area (Å²) in [4.78, 5) is 13.3. The fraction of sp³-hybridized carbons (Fsp3) is 0.138. The van der Waals surface area contributed by atoms with Crippen molar-refractivity contribution in [1.82, 2.24) is 15.0 Å². The summed E-state index contributed by atoms with van der Waals surface area (Å²) in [5.41, 5.74) is 21.5. The Kier molecular flexibility index (Phi) is 5.07. The van der Waals surface area contributed by atoms with Crippen molar-refractivity contribution in [1.29, 1.82) is 0 Å². The number of nitrogens with zero attached hydrogens (tertiary/aromatic N) is 3. The molecule has 0 aliphatic heterocycles. The first-order chi connectivity index (χ1) is 17.5. The summed E-state index contributed by atoms with van der Waals surface area (Å²) in [6.07, 6.45) is 5.02. The number of nitrogens with two attached hydrogens (primary N) is 3. The highest BCUT2D eigenvalue weighted by atomic mass is 19.1. The van der Waals surface area contributed by atoms with E-state index in [0.717, 1.165) is 27.5 Å². The van der Waals surface area contributed by atoms with Gasteiger partial charge in [-0.1, -0.05) is 42.5 Å². The molecule has 0 fully saturated rings. The molecule has 0 saturated carbocycles. The molecule has 0 radical (unpaired) electrons. The average Bonchev–Trinajstić information content (AvgIpc) is 2.90. The van der Waals surface area contributed by atoms with Crippen LogP contribution in [0.4, 0.5) is 21.8 Å². The maximum atomic E-state index is 17.4. The second-order valence-electron chi connectivity index (χ2n) is 9.20. The van der Waals surface area contributed by atoms with E-state index in [4.69, 9.17) is 22.2 Å². The predicted octanol–water partition coefficient (Wildman–Crippen LogP) is 5.65. The topological polar surface area (TPSA) is 117 Å². The number of hydrogen-bond donors (Lipinski definition) is 3. The van der Waals surface area contributed by atoms with Crippen molar-refractivity contribution in [3.63, 3.8) is 0 Å². The van der Waals surface area contributed by atoms with Gasteiger partial charge in [-0.2, -0.15) is 0 Å². The third-order valence-electron chi connectivity index (χ3n) is 7.05. The zero-order chi connectivity index (χ0) is 24.9. The second kappa shape index (κ2) is 8.30. The Balaban J connectivity index is 1.71. The van der Waals surface area contributed by atoms with Gasteiger partial charge in [-0.05, 0) is 54.5 Å². The third-order valence-corrected chi connectivity index (χ3v) is 7.05. The lowest BCUT2D eigenvalue weighted by Crippen LogP contribution is -2.30. The smallest absolute Gasteiger partial charge is 0.162 e. The van der Waals surface area contributed by atoms with Gasteiger partial charge in [0, 0.05) is 45.6 Å². The van der Waals surface area contributed by atoms with Crippen molar-refractivity contribution in [2.45, 2.75) is 24.9 Å². The molecular formula is C29H25FN6. The summed E-state index contributed by atoms with van der Waals surface area (Å²) in [6, 6.07) is 20.6. The number of anilines is 3. The fourth-order valence-corrected chi connectivity index (χ4v) is 5.35. The minimum Gasteiger partial charge on any atom is -0.384 e. The van der Waals surface area contributed by atoms with Gasteiger partial charge < -0.3 is 17.2 Å². The van der Waals surface area contributed by atoms with Crippen molar-refractivity contribution in [2.75, 3.05) is 17.2 Å². The molecular weight excluding hydrogens is 451 g/mol. The Morgan fingerprint density at radius 3 is 2.42 bits per heavy atom. The molecule has 36 heavy (non-hydrogen) atoms. The fourth-order valence-electron chi connectivity index (χ4n) is 5.35. The summed E-state index contributed by atoms with van der Waals surface area (Å²) in [5.74, 6) is 1.19. The summed E-state index contributed by atoms with van der Waals surface area (Å²) in [5, 5.41) is 1.75. The van der Waals surface area contributed by atoms with Crippen LogP contribution in [0.3, 0.4) is 0 Å².